The van der Waals surface area contributed by atoms with Crippen LogP contribution in [0, 0.1) is 5.92 Å². The Kier molecular flexibility index (Phi) is 3.00. The van der Waals surface area contributed by atoms with Crippen molar-refractivity contribution in [1.29, 1.82) is 0 Å². The van der Waals surface area contributed by atoms with Crippen LogP contribution in [0.2, 0.25) is 0 Å². The predicted octanol–water partition coefficient (Wildman–Crippen LogP) is 2.86. The molecular formula is C13H16O. The van der Waals surface area contributed by atoms with Crippen LogP contribution in [0.5, 0.6) is 0 Å². The fourth-order valence-electron chi connectivity index (χ4n) is 1.97. The summed E-state index contributed by atoms with van der Waals surface area (Å²) < 4.78 is 0. The van der Waals surface area contributed by atoms with Gasteiger partial charge in [0.05, 0.1) is 0 Å². The van der Waals surface area contributed by atoms with E-state index in [9.17, 15) is 0 Å². The second kappa shape index (κ2) is 4.43. The summed E-state index contributed by atoms with van der Waals surface area (Å²) in [6.07, 6.45) is 5.53. The van der Waals surface area contributed by atoms with Crippen LogP contribution < -0.4 is 0 Å². The molecule has 1 heteroatoms. The normalized spacial score (nSPS) is 21.8. The molecule has 0 fully saturated rings. The summed E-state index contributed by atoms with van der Waals surface area (Å²) >= 11 is 0. The van der Waals surface area contributed by atoms with Crippen molar-refractivity contribution in [3.8, 4) is 0 Å². The molecule has 0 spiro atoms. The predicted molar refractivity (Wildman–Crippen MR) is 58.8 cm³/mol. The second-order valence-electron chi connectivity index (χ2n) is 3.92. The maximum absolute atomic E-state index is 9.02. The van der Waals surface area contributed by atoms with Crippen LogP contribution in [0.15, 0.2) is 36.4 Å². The lowest BCUT2D eigenvalue weighted by Gasteiger charge is -2.19. The van der Waals surface area contributed by atoms with E-state index >= 15 is 0 Å². The first-order valence-electron chi connectivity index (χ1n) is 5.25. The minimum Gasteiger partial charge on any atom is -0.396 e. The molecule has 0 saturated heterocycles. The van der Waals surface area contributed by atoms with Crippen molar-refractivity contribution in [1.82, 2.24) is 0 Å². The monoisotopic (exact) mass is 188 g/mol. The first-order valence-corrected chi connectivity index (χ1v) is 5.25. The van der Waals surface area contributed by atoms with E-state index in [1.165, 1.54) is 11.1 Å². The Morgan fingerprint density at radius 3 is 2.57 bits per heavy atom. The zero-order valence-corrected chi connectivity index (χ0v) is 8.32. The molecule has 0 bridgehead atoms. The van der Waals surface area contributed by atoms with E-state index in [2.05, 4.69) is 30.3 Å². The van der Waals surface area contributed by atoms with Gasteiger partial charge in [-0.25, -0.2) is 0 Å². The van der Waals surface area contributed by atoms with Crippen molar-refractivity contribution in [2.45, 2.75) is 19.3 Å². The van der Waals surface area contributed by atoms with E-state index in [1.807, 2.05) is 6.07 Å². The smallest absolute Gasteiger partial charge is 0.0462 e. The number of benzene rings is 1. The highest BCUT2D eigenvalue weighted by molar-refractivity contribution is 5.66. The number of hydrogen-bond acceptors (Lipinski definition) is 1. The van der Waals surface area contributed by atoms with Crippen molar-refractivity contribution in [3.63, 3.8) is 0 Å². The lowest BCUT2D eigenvalue weighted by molar-refractivity contribution is 0.218. The SMILES string of the molecule is OC[C@H]1CC=C(c2ccccc2)CC1. The molecule has 0 aliphatic heterocycles. The van der Waals surface area contributed by atoms with Crippen LogP contribution in [0.25, 0.3) is 5.57 Å². The second-order valence-corrected chi connectivity index (χ2v) is 3.92. The zero-order chi connectivity index (χ0) is 9.80. The molecule has 1 aromatic carbocycles. The number of allylic oxidation sites excluding steroid dienone is 2. The molecule has 0 amide bonds. The van der Waals surface area contributed by atoms with Gasteiger partial charge in [-0.15, -0.1) is 0 Å². The molecule has 1 aliphatic rings. The third kappa shape index (κ3) is 2.05. The molecule has 0 aromatic heterocycles. The van der Waals surface area contributed by atoms with Gasteiger partial charge in [0, 0.05) is 6.61 Å². The molecule has 0 radical (unpaired) electrons. The van der Waals surface area contributed by atoms with Crippen LogP contribution in [0.3, 0.4) is 0 Å². The number of hydrogen-bond donors (Lipinski definition) is 1. The van der Waals surface area contributed by atoms with Crippen molar-refractivity contribution < 1.29 is 5.11 Å². The highest BCUT2D eigenvalue weighted by atomic mass is 16.3. The molecule has 14 heavy (non-hydrogen) atoms. The van der Waals surface area contributed by atoms with Gasteiger partial charge < -0.3 is 5.11 Å². The molecule has 0 saturated carbocycles. The summed E-state index contributed by atoms with van der Waals surface area (Å²) in [6.45, 7) is 0.332. The van der Waals surface area contributed by atoms with Crippen LogP contribution >= 0.6 is 0 Å². The number of aliphatic hydroxyl groups excluding tert-OH is 1. The maximum Gasteiger partial charge on any atom is 0.0462 e. The Morgan fingerprint density at radius 1 is 1.21 bits per heavy atom. The van der Waals surface area contributed by atoms with Gasteiger partial charge in [0.1, 0.15) is 0 Å². The van der Waals surface area contributed by atoms with Crippen LogP contribution in [-0.2, 0) is 0 Å². The first-order chi connectivity index (χ1) is 6.90. The average Bonchev–Trinajstić information content (AvgIpc) is 2.30. The molecule has 2 rings (SSSR count). The van der Waals surface area contributed by atoms with Gasteiger partial charge in [0.25, 0.3) is 0 Å². The van der Waals surface area contributed by atoms with Crippen molar-refractivity contribution in [2.24, 2.45) is 5.92 Å². The minimum atomic E-state index is 0.332. The molecular weight excluding hydrogens is 172 g/mol. The van der Waals surface area contributed by atoms with E-state index in [4.69, 9.17) is 5.11 Å². The fourth-order valence-corrected chi connectivity index (χ4v) is 1.97. The molecule has 74 valence electrons. The van der Waals surface area contributed by atoms with E-state index < -0.39 is 0 Å². The summed E-state index contributed by atoms with van der Waals surface area (Å²) in [5.74, 6) is 0.488. The third-order valence-corrected chi connectivity index (χ3v) is 2.92. The summed E-state index contributed by atoms with van der Waals surface area (Å²) in [5, 5.41) is 9.02. The van der Waals surface area contributed by atoms with E-state index in [-0.39, 0.29) is 0 Å². The van der Waals surface area contributed by atoms with Crippen molar-refractivity contribution in [2.75, 3.05) is 6.61 Å². The van der Waals surface area contributed by atoms with Gasteiger partial charge in [0.2, 0.25) is 0 Å². The topological polar surface area (TPSA) is 20.2 Å². The van der Waals surface area contributed by atoms with Gasteiger partial charge in [-0.2, -0.15) is 0 Å². The molecule has 0 unspecified atom stereocenters. The van der Waals surface area contributed by atoms with Gasteiger partial charge in [-0.1, -0.05) is 36.4 Å². The highest BCUT2D eigenvalue weighted by Crippen LogP contribution is 2.29. The first kappa shape index (κ1) is 9.47. The lowest BCUT2D eigenvalue weighted by atomic mass is 9.87. The summed E-state index contributed by atoms with van der Waals surface area (Å²) in [5.41, 5.74) is 2.78. The Morgan fingerprint density at radius 2 is 2.00 bits per heavy atom. The molecule has 0 heterocycles. The highest BCUT2D eigenvalue weighted by Gasteiger charge is 2.13. The Hall–Kier alpha value is -1.08. The van der Waals surface area contributed by atoms with E-state index in [0.29, 0.717) is 12.5 Å². The largest absolute Gasteiger partial charge is 0.396 e. The van der Waals surface area contributed by atoms with Crippen LogP contribution in [-0.4, -0.2) is 11.7 Å². The van der Waals surface area contributed by atoms with Crippen molar-refractivity contribution >= 4 is 5.57 Å². The van der Waals surface area contributed by atoms with E-state index in [1.54, 1.807) is 0 Å². The summed E-state index contributed by atoms with van der Waals surface area (Å²) in [6, 6.07) is 10.5. The molecule has 1 atom stereocenters. The number of rotatable bonds is 2. The van der Waals surface area contributed by atoms with Gasteiger partial charge in [-0.05, 0) is 36.3 Å². The summed E-state index contributed by atoms with van der Waals surface area (Å²) in [4.78, 5) is 0. The minimum absolute atomic E-state index is 0.332. The standard InChI is InChI=1S/C13H16O/c14-10-11-6-8-13(9-7-11)12-4-2-1-3-5-12/h1-5,8,11,14H,6-7,9-10H2/t11-/m0/s1. The van der Waals surface area contributed by atoms with E-state index in [0.717, 1.165) is 19.3 Å². The van der Waals surface area contributed by atoms with Gasteiger partial charge >= 0.3 is 0 Å². The average molecular weight is 188 g/mol. The molecule has 1 aromatic rings. The quantitative estimate of drug-likeness (QED) is 0.756. The number of aliphatic hydroxyl groups is 1. The molecule has 1 aliphatic carbocycles. The van der Waals surface area contributed by atoms with Gasteiger partial charge in [0.15, 0.2) is 0 Å². The lowest BCUT2D eigenvalue weighted by Crippen LogP contribution is -2.09. The van der Waals surface area contributed by atoms with Crippen molar-refractivity contribution in [3.05, 3.63) is 42.0 Å². The summed E-state index contributed by atoms with van der Waals surface area (Å²) in [7, 11) is 0. The Balaban J connectivity index is 2.11. The zero-order valence-electron chi connectivity index (χ0n) is 8.32. The Bertz CT molecular complexity index is 313. The molecule has 1 nitrogen and oxygen atoms in total. The van der Waals surface area contributed by atoms with Gasteiger partial charge in [-0.3, -0.25) is 0 Å². The fraction of sp³-hybridized carbons (Fsp3) is 0.385. The maximum atomic E-state index is 9.02. The Labute approximate surface area is 85.1 Å². The van der Waals surface area contributed by atoms with Crippen LogP contribution in [0.4, 0.5) is 0 Å². The van der Waals surface area contributed by atoms with Crippen LogP contribution in [0.1, 0.15) is 24.8 Å². The molecule has 1 N–H and O–H groups in total. The third-order valence-electron chi connectivity index (χ3n) is 2.92.